The summed E-state index contributed by atoms with van der Waals surface area (Å²) in [6.45, 7) is 4.85. The van der Waals surface area contributed by atoms with Gasteiger partial charge in [-0.3, -0.25) is 4.79 Å². The lowest BCUT2D eigenvalue weighted by atomic mass is 10.1. The standard InChI is InChI=1S/C15H22N2O/c1-3-12(2)17(14(18)15(16)9-10-15)11-13-7-5-4-6-8-13/h4-8,12H,3,9-11,16H2,1-2H3. The molecule has 3 nitrogen and oxygen atoms in total. The highest BCUT2D eigenvalue weighted by Gasteiger charge is 2.48. The minimum absolute atomic E-state index is 0.112. The van der Waals surface area contributed by atoms with Crippen molar-refractivity contribution in [2.24, 2.45) is 5.73 Å². The van der Waals surface area contributed by atoms with E-state index in [9.17, 15) is 4.79 Å². The maximum absolute atomic E-state index is 12.4. The molecule has 1 unspecified atom stereocenters. The molecule has 0 aliphatic heterocycles. The second-order valence-electron chi connectivity index (χ2n) is 5.33. The summed E-state index contributed by atoms with van der Waals surface area (Å²) in [6, 6.07) is 10.3. The topological polar surface area (TPSA) is 46.3 Å². The van der Waals surface area contributed by atoms with Crippen molar-refractivity contribution < 1.29 is 4.79 Å². The van der Waals surface area contributed by atoms with Crippen LogP contribution in [0, 0.1) is 0 Å². The predicted molar refractivity (Wildman–Crippen MR) is 72.9 cm³/mol. The Morgan fingerprint density at radius 3 is 2.50 bits per heavy atom. The summed E-state index contributed by atoms with van der Waals surface area (Å²) in [6.07, 6.45) is 2.61. The van der Waals surface area contributed by atoms with E-state index in [0.717, 1.165) is 24.8 Å². The zero-order valence-corrected chi connectivity index (χ0v) is 11.2. The number of benzene rings is 1. The van der Waals surface area contributed by atoms with Crippen LogP contribution in [0.1, 0.15) is 38.7 Å². The molecule has 0 bridgehead atoms. The van der Waals surface area contributed by atoms with E-state index < -0.39 is 5.54 Å². The summed E-state index contributed by atoms with van der Waals surface area (Å²) in [7, 11) is 0. The minimum Gasteiger partial charge on any atom is -0.334 e. The third-order valence-electron chi connectivity index (χ3n) is 3.79. The van der Waals surface area contributed by atoms with Crippen LogP contribution in [-0.2, 0) is 11.3 Å². The van der Waals surface area contributed by atoms with Gasteiger partial charge >= 0.3 is 0 Å². The van der Waals surface area contributed by atoms with Crippen molar-refractivity contribution in [3.05, 3.63) is 35.9 Å². The molecule has 1 aromatic carbocycles. The van der Waals surface area contributed by atoms with Crippen molar-refractivity contribution in [1.82, 2.24) is 4.90 Å². The molecule has 0 heterocycles. The van der Waals surface area contributed by atoms with Gasteiger partial charge in [0, 0.05) is 12.6 Å². The van der Waals surface area contributed by atoms with Crippen LogP contribution < -0.4 is 5.73 Å². The van der Waals surface area contributed by atoms with E-state index in [-0.39, 0.29) is 11.9 Å². The minimum atomic E-state index is -0.571. The molecule has 1 aliphatic rings. The molecular weight excluding hydrogens is 224 g/mol. The largest absolute Gasteiger partial charge is 0.334 e. The normalized spacial score (nSPS) is 18.2. The van der Waals surface area contributed by atoms with Crippen LogP contribution in [0.25, 0.3) is 0 Å². The van der Waals surface area contributed by atoms with Crippen molar-refractivity contribution in [3.63, 3.8) is 0 Å². The van der Waals surface area contributed by atoms with Crippen LogP contribution in [0.5, 0.6) is 0 Å². The Kier molecular flexibility index (Phi) is 3.71. The lowest BCUT2D eigenvalue weighted by Gasteiger charge is -2.31. The molecule has 0 spiro atoms. The second kappa shape index (κ2) is 5.11. The molecule has 1 atom stereocenters. The molecule has 0 saturated heterocycles. The van der Waals surface area contributed by atoms with Gasteiger partial charge in [-0.25, -0.2) is 0 Å². The molecule has 2 N–H and O–H groups in total. The zero-order valence-electron chi connectivity index (χ0n) is 11.2. The van der Waals surface area contributed by atoms with Crippen LogP contribution in [0.15, 0.2) is 30.3 Å². The smallest absolute Gasteiger partial charge is 0.243 e. The highest BCUT2D eigenvalue weighted by Crippen LogP contribution is 2.35. The Labute approximate surface area is 109 Å². The number of rotatable bonds is 5. The summed E-state index contributed by atoms with van der Waals surface area (Å²) >= 11 is 0. The van der Waals surface area contributed by atoms with Crippen molar-refractivity contribution in [2.75, 3.05) is 0 Å². The quantitative estimate of drug-likeness (QED) is 0.866. The van der Waals surface area contributed by atoms with Crippen molar-refractivity contribution >= 4 is 5.91 Å². The molecule has 1 fully saturated rings. The van der Waals surface area contributed by atoms with E-state index in [2.05, 4.69) is 26.0 Å². The average molecular weight is 246 g/mol. The highest BCUT2D eigenvalue weighted by atomic mass is 16.2. The van der Waals surface area contributed by atoms with Gasteiger partial charge < -0.3 is 10.6 Å². The van der Waals surface area contributed by atoms with Gasteiger partial charge in [0.2, 0.25) is 5.91 Å². The second-order valence-corrected chi connectivity index (χ2v) is 5.33. The zero-order chi connectivity index (χ0) is 13.2. The highest BCUT2D eigenvalue weighted by molar-refractivity contribution is 5.89. The van der Waals surface area contributed by atoms with E-state index in [1.54, 1.807) is 0 Å². The van der Waals surface area contributed by atoms with Crippen LogP contribution >= 0.6 is 0 Å². The van der Waals surface area contributed by atoms with Gasteiger partial charge in [0.1, 0.15) is 0 Å². The Morgan fingerprint density at radius 2 is 2.00 bits per heavy atom. The molecule has 3 heteroatoms. The Balaban J connectivity index is 2.13. The first-order valence-corrected chi connectivity index (χ1v) is 6.70. The Morgan fingerprint density at radius 1 is 1.39 bits per heavy atom. The number of carbonyl (C=O) groups excluding carboxylic acids is 1. The summed E-state index contributed by atoms with van der Waals surface area (Å²) < 4.78 is 0. The molecular formula is C15H22N2O. The Bertz CT molecular complexity index is 412. The molecule has 1 aromatic rings. The molecule has 0 radical (unpaired) electrons. The molecule has 18 heavy (non-hydrogen) atoms. The van der Waals surface area contributed by atoms with Gasteiger partial charge in [0.05, 0.1) is 5.54 Å². The third-order valence-corrected chi connectivity index (χ3v) is 3.79. The molecule has 1 aliphatic carbocycles. The first-order valence-electron chi connectivity index (χ1n) is 6.70. The summed E-state index contributed by atoms with van der Waals surface area (Å²) in [5, 5.41) is 0. The molecule has 0 aromatic heterocycles. The third kappa shape index (κ3) is 2.72. The Hall–Kier alpha value is -1.35. The average Bonchev–Trinajstić information content (AvgIpc) is 3.15. The van der Waals surface area contributed by atoms with Crippen molar-refractivity contribution in [2.45, 2.75) is 51.2 Å². The van der Waals surface area contributed by atoms with Gasteiger partial charge in [-0.2, -0.15) is 0 Å². The van der Waals surface area contributed by atoms with Gasteiger partial charge in [-0.05, 0) is 31.7 Å². The maximum Gasteiger partial charge on any atom is 0.243 e. The lowest BCUT2D eigenvalue weighted by Crippen LogP contribution is -2.48. The number of amides is 1. The summed E-state index contributed by atoms with van der Waals surface area (Å²) in [4.78, 5) is 14.4. The predicted octanol–water partition coefficient (Wildman–Crippen LogP) is 2.31. The molecule has 98 valence electrons. The van der Waals surface area contributed by atoms with Gasteiger partial charge in [-0.1, -0.05) is 37.3 Å². The number of carbonyl (C=O) groups is 1. The van der Waals surface area contributed by atoms with Crippen LogP contribution in [-0.4, -0.2) is 22.4 Å². The van der Waals surface area contributed by atoms with Crippen molar-refractivity contribution in [1.29, 1.82) is 0 Å². The number of nitrogens with two attached hydrogens (primary N) is 1. The molecule has 1 amide bonds. The number of nitrogens with zero attached hydrogens (tertiary/aromatic N) is 1. The number of hydrogen-bond acceptors (Lipinski definition) is 2. The van der Waals surface area contributed by atoms with Crippen LogP contribution in [0.4, 0.5) is 0 Å². The summed E-state index contributed by atoms with van der Waals surface area (Å²) in [5.74, 6) is 0.112. The lowest BCUT2D eigenvalue weighted by molar-refractivity contribution is -0.136. The van der Waals surface area contributed by atoms with E-state index in [1.807, 2.05) is 23.1 Å². The van der Waals surface area contributed by atoms with Gasteiger partial charge in [0.25, 0.3) is 0 Å². The fourth-order valence-corrected chi connectivity index (χ4v) is 2.06. The molecule has 1 saturated carbocycles. The van der Waals surface area contributed by atoms with E-state index in [4.69, 9.17) is 5.73 Å². The first-order chi connectivity index (χ1) is 8.57. The van der Waals surface area contributed by atoms with E-state index in [0.29, 0.717) is 6.54 Å². The van der Waals surface area contributed by atoms with Gasteiger partial charge in [0.15, 0.2) is 0 Å². The summed E-state index contributed by atoms with van der Waals surface area (Å²) in [5.41, 5.74) is 6.64. The number of hydrogen-bond donors (Lipinski definition) is 1. The first kappa shape index (κ1) is 13.1. The fraction of sp³-hybridized carbons (Fsp3) is 0.533. The van der Waals surface area contributed by atoms with Crippen LogP contribution in [0.2, 0.25) is 0 Å². The van der Waals surface area contributed by atoms with Gasteiger partial charge in [-0.15, -0.1) is 0 Å². The van der Waals surface area contributed by atoms with E-state index in [1.165, 1.54) is 0 Å². The SMILES string of the molecule is CCC(C)N(Cc1ccccc1)C(=O)C1(N)CC1. The van der Waals surface area contributed by atoms with E-state index >= 15 is 0 Å². The van der Waals surface area contributed by atoms with Crippen LogP contribution in [0.3, 0.4) is 0 Å². The van der Waals surface area contributed by atoms with Crippen molar-refractivity contribution in [3.8, 4) is 0 Å². The maximum atomic E-state index is 12.4. The monoisotopic (exact) mass is 246 g/mol. The molecule has 2 rings (SSSR count). The fourth-order valence-electron chi connectivity index (χ4n) is 2.06.